The number of aromatic nitrogens is 1. The van der Waals surface area contributed by atoms with Crippen LogP contribution in [0.15, 0.2) is 18.3 Å². The zero-order valence-corrected chi connectivity index (χ0v) is 10.5. The Kier molecular flexibility index (Phi) is 5.10. The molecule has 92 valence electrons. The minimum Gasteiger partial charge on any atom is -0.465 e. The number of halogens is 1. The van der Waals surface area contributed by atoms with Crippen LogP contribution in [0, 0.1) is 5.92 Å². The van der Waals surface area contributed by atoms with E-state index in [-0.39, 0.29) is 12.4 Å². The molecule has 1 unspecified atom stereocenters. The highest BCUT2D eigenvalue weighted by atomic mass is 35.5. The van der Waals surface area contributed by atoms with Crippen molar-refractivity contribution >= 4 is 23.4 Å². The highest BCUT2D eigenvalue weighted by molar-refractivity contribution is 6.29. The lowest BCUT2D eigenvalue weighted by molar-refractivity contribution is -0.151. The van der Waals surface area contributed by atoms with Gasteiger partial charge in [-0.3, -0.25) is 9.59 Å². The van der Waals surface area contributed by atoms with Gasteiger partial charge in [0.25, 0.3) is 0 Å². The number of carbonyl (C=O) groups is 2. The first-order valence-electron chi connectivity index (χ1n) is 5.32. The highest BCUT2D eigenvalue weighted by Gasteiger charge is 2.24. The van der Waals surface area contributed by atoms with Gasteiger partial charge in [-0.25, -0.2) is 4.98 Å². The van der Waals surface area contributed by atoms with Gasteiger partial charge >= 0.3 is 5.97 Å². The molecular weight excluding hydrogens is 242 g/mol. The molecule has 1 heterocycles. The SMILES string of the molecule is CCOC(=O)C(Cc1ccc(Cl)nc1)C(C)=O. The molecule has 0 spiro atoms. The van der Waals surface area contributed by atoms with E-state index in [1.165, 1.54) is 6.92 Å². The monoisotopic (exact) mass is 255 g/mol. The van der Waals surface area contributed by atoms with Crippen LogP contribution in [0.4, 0.5) is 0 Å². The summed E-state index contributed by atoms with van der Waals surface area (Å²) in [5.41, 5.74) is 0.780. The Hall–Kier alpha value is -1.42. The van der Waals surface area contributed by atoms with E-state index in [1.807, 2.05) is 0 Å². The highest BCUT2D eigenvalue weighted by Crippen LogP contribution is 2.13. The minimum atomic E-state index is -0.766. The largest absolute Gasteiger partial charge is 0.465 e. The number of rotatable bonds is 5. The van der Waals surface area contributed by atoms with E-state index >= 15 is 0 Å². The first kappa shape index (κ1) is 13.6. The van der Waals surface area contributed by atoms with Crippen molar-refractivity contribution in [2.24, 2.45) is 5.92 Å². The van der Waals surface area contributed by atoms with Gasteiger partial charge < -0.3 is 4.74 Å². The molecule has 5 heteroatoms. The molecule has 0 N–H and O–H groups in total. The Labute approximate surface area is 105 Å². The van der Waals surface area contributed by atoms with Crippen molar-refractivity contribution in [3.63, 3.8) is 0 Å². The second-order valence-corrected chi connectivity index (χ2v) is 4.00. The van der Waals surface area contributed by atoms with E-state index in [0.29, 0.717) is 11.6 Å². The fraction of sp³-hybridized carbons (Fsp3) is 0.417. The number of ketones is 1. The summed E-state index contributed by atoms with van der Waals surface area (Å²) in [6.45, 7) is 3.35. The molecular formula is C12H14ClNO3. The van der Waals surface area contributed by atoms with Crippen LogP contribution in [0.5, 0.6) is 0 Å². The summed E-state index contributed by atoms with van der Waals surface area (Å²) in [6, 6.07) is 3.36. The molecule has 17 heavy (non-hydrogen) atoms. The average molecular weight is 256 g/mol. The van der Waals surface area contributed by atoms with Crippen LogP contribution in [0.1, 0.15) is 19.4 Å². The summed E-state index contributed by atoms with van der Waals surface area (Å²) in [7, 11) is 0. The molecule has 0 saturated heterocycles. The molecule has 1 aromatic heterocycles. The van der Waals surface area contributed by atoms with Gasteiger partial charge in [-0.15, -0.1) is 0 Å². The summed E-state index contributed by atoms with van der Waals surface area (Å²) < 4.78 is 4.86. The fourth-order valence-corrected chi connectivity index (χ4v) is 1.51. The normalized spacial score (nSPS) is 11.9. The van der Waals surface area contributed by atoms with Crippen LogP contribution in [0.2, 0.25) is 5.15 Å². The Balaban J connectivity index is 2.76. The Morgan fingerprint density at radius 3 is 2.65 bits per heavy atom. The maximum Gasteiger partial charge on any atom is 0.316 e. The van der Waals surface area contributed by atoms with Crippen molar-refractivity contribution in [1.29, 1.82) is 0 Å². The fourth-order valence-electron chi connectivity index (χ4n) is 1.40. The van der Waals surface area contributed by atoms with Gasteiger partial charge in [-0.05, 0) is 31.9 Å². The first-order valence-corrected chi connectivity index (χ1v) is 5.70. The molecule has 0 bridgehead atoms. The van der Waals surface area contributed by atoms with Gasteiger partial charge in [0.15, 0.2) is 0 Å². The van der Waals surface area contributed by atoms with E-state index in [4.69, 9.17) is 16.3 Å². The molecule has 0 aromatic carbocycles. The minimum absolute atomic E-state index is 0.210. The maximum absolute atomic E-state index is 11.6. The lowest BCUT2D eigenvalue weighted by Gasteiger charge is -2.12. The number of pyridine rings is 1. The van der Waals surface area contributed by atoms with Gasteiger partial charge in [-0.2, -0.15) is 0 Å². The zero-order valence-electron chi connectivity index (χ0n) is 9.77. The van der Waals surface area contributed by atoms with Gasteiger partial charge in [0, 0.05) is 6.20 Å². The number of carbonyl (C=O) groups excluding carboxylic acids is 2. The number of hydrogen-bond donors (Lipinski definition) is 0. The molecule has 1 atom stereocenters. The van der Waals surface area contributed by atoms with Crippen molar-refractivity contribution in [3.8, 4) is 0 Å². The van der Waals surface area contributed by atoms with Crippen LogP contribution in [-0.2, 0) is 20.7 Å². The Bertz CT molecular complexity index is 403. The molecule has 4 nitrogen and oxygen atoms in total. The number of ether oxygens (including phenoxy) is 1. The van der Waals surface area contributed by atoms with Gasteiger partial charge in [0.1, 0.15) is 16.9 Å². The second-order valence-electron chi connectivity index (χ2n) is 3.61. The quantitative estimate of drug-likeness (QED) is 0.459. The molecule has 0 aliphatic carbocycles. The molecule has 0 amide bonds. The number of esters is 1. The van der Waals surface area contributed by atoms with Crippen LogP contribution in [0.25, 0.3) is 0 Å². The van der Waals surface area contributed by atoms with E-state index < -0.39 is 11.9 Å². The molecule has 0 aliphatic rings. The number of Topliss-reactive ketones (excluding diaryl/α,β-unsaturated/α-hetero) is 1. The van der Waals surface area contributed by atoms with Crippen LogP contribution in [-0.4, -0.2) is 23.3 Å². The summed E-state index contributed by atoms with van der Waals surface area (Å²) in [6.07, 6.45) is 1.84. The predicted molar refractivity (Wildman–Crippen MR) is 63.8 cm³/mol. The number of nitrogens with zero attached hydrogens (tertiary/aromatic N) is 1. The van der Waals surface area contributed by atoms with Gasteiger partial charge in [0.05, 0.1) is 6.61 Å². The second kappa shape index (κ2) is 6.35. The van der Waals surface area contributed by atoms with Crippen molar-refractivity contribution in [2.45, 2.75) is 20.3 Å². The van der Waals surface area contributed by atoms with E-state index in [1.54, 1.807) is 25.3 Å². The number of hydrogen-bond acceptors (Lipinski definition) is 4. The van der Waals surface area contributed by atoms with Crippen LogP contribution < -0.4 is 0 Å². The van der Waals surface area contributed by atoms with E-state index in [0.717, 1.165) is 5.56 Å². The maximum atomic E-state index is 11.6. The predicted octanol–water partition coefficient (Wildman–Crippen LogP) is 2.05. The van der Waals surface area contributed by atoms with Gasteiger partial charge in [0.2, 0.25) is 0 Å². The lowest BCUT2D eigenvalue weighted by atomic mass is 9.97. The first-order chi connectivity index (χ1) is 8.04. The van der Waals surface area contributed by atoms with Crippen molar-refractivity contribution < 1.29 is 14.3 Å². The third-order valence-corrected chi connectivity index (χ3v) is 2.51. The Morgan fingerprint density at radius 1 is 1.47 bits per heavy atom. The molecule has 0 fully saturated rings. The molecule has 1 rings (SSSR count). The third kappa shape index (κ3) is 4.15. The van der Waals surface area contributed by atoms with Crippen LogP contribution >= 0.6 is 11.6 Å². The molecule has 0 saturated carbocycles. The standard InChI is InChI=1S/C12H14ClNO3/c1-3-17-12(16)10(8(2)15)6-9-4-5-11(13)14-7-9/h4-5,7,10H,3,6H2,1-2H3. The molecule has 0 aliphatic heterocycles. The third-order valence-electron chi connectivity index (χ3n) is 2.29. The summed E-state index contributed by atoms with van der Waals surface area (Å²) in [5.74, 6) is -1.47. The molecule has 0 radical (unpaired) electrons. The van der Waals surface area contributed by atoms with Crippen molar-refractivity contribution in [2.75, 3.05) is 6.61 Å². The summed E-state index contributed by atoms with van der Waals surface area (Å²) >= 11 is 5.65. The molecule has 1 aromatic rings. The van der Waals surface area contributed by atoms with E-state index in [2.05, 4.69) is 4.98 Å². The smallest absolute Gasteiger partial charge is 0.316 e. The van der Waals surface area contributed by atoms with E-state index in [9.17, 15) is 9.59 Å². The summed E-state index contributed by atoms with van der Waals surface area (Å²) in [5, 5.41) is 0.379. The van der Waals surface area contributed by atoms with Gasteiger partial charge in [-0.1, -0.05) is 17.7 Å². The lowest BCUT2D eigenvalue weighted by Crippen LogP contribution is -2.26. The Morgan fingerprint density at radius 2 is 2.18 bits per heavy atom. The van der Waals surface area contributed by atoms with Crippen LogP contribution in [0.3, 0.4) is 0 Å². The topological polar surface area (TPSA) is 56.3 Å². The average Bonchev–Trinajstić information content (AvgIpc) is 2.28. The van der Waals surface area contributed by atoms with Crippen molar-refractivity contribution in [1.82, 2.24) is 4.98 Å². The van der Waals surface area contributed by atoms with Crippen molar-refractivity contribution in [3.05, 3.63) is 29.0 Å². The summed E-state index contributed by atoms with van der Waals surface area (Å²) in [4.78, 5) is 26.8. The zero-order chi connectivity index (χ0) is 12.8.